The van der Waals surface area contributed by atoms with Crippen LogP contribution >= 0.6 is 11.8 Å². The molecule has 8 nitrogen and oxygen atoms in total. The van der Waals surface area contributed by atoms with Crippen molar-refractivity contribution in [1.82, 2.24) is 25.1 Å². The number of halogens is 3. The van der Waals surface area contributed by atoms with Gasteiger partial charge in [0.25, 0.3) is 0 Å². The Bertz CT molecular complexity index is 1070. The first-order chi connectivity index (χ1) is 16.4. The largest absolute Gasteiger partial charge is 0.408 e. The van der Waals surface area contributed by atoms with E-state index in [0.29, 0.717) is 10.4 Å². The summed E-state index contributed by atoms with van der Waals surface area (Å²) in [6.45, 7) is 3.42. The highest BCUT2D eigenvalue weighted by molar-refractivity contribution is 7.99. The van der Waals surface area contributed by atoms with E-state index in [2.05, 4.69) is 54.9 Å². The highest BCUT2D eigenvalue weighted by Gasteiger charge is 2.30. The van der Waals surface area contributed by atoms with E-state index in [1.165, 1.54) is 5.56 Å². The van der Waals surface area contributed by atoms with Crippen LogP contribution in [0.5, 0.6) is 0 Å². The number of carbonyl (C=O) groups excluding carboxylic acids is 1. The van der Waals surface area contributed by atoms with Crippen molar-refractivity contribution in [2.75, 3.05) is 42.1 Å². The molecule has 0 unspecified atom stereocenters. The van der Waals surface area contributed by atoms with E-state index in [-0.39, 0.29) is 16.8 Å². The molecule has 1 amide bonds. The maximum absolute atomic E-state index is 12.5. The van der Waals surface area contributed by atoms with E-state index >= 15 is 0 Å². The van der Waals surface area contributed by atoms with Gasteiger partial charge >= 0.3 is 6.18 Å². The number of thioether (sulfide) groups is 1. The van der Waals surface area contributed by atoms with Crippen molar-refractivity contribution in [2.24, 2.45) is 0 Å². The zero-order valence-electron chi connectivity index (χ0n) is 18.3. The quantitative estimate of drug-likeness (QED) is 0.485. The van der Waals surface area contributed by atoms with Crippen LogP contribution in [-0.4, -0.2) is 69.1 Å². The van der Waals surface area contributed by atoms with E-state index in [0.717, 1.165) is 50.2 Å². The third-order valence-electron chi connectivity index (χ3n) is 5.30. The molecule has 34 heavy (non-hydrogen) atoms. The Hall–Kier alpha value is -3.12. The van der Waals surface area contributed by atoms with Gasteiger partial charge in [0, 0.05) is 44.1 Å². The minimum absolute atomic E-state index is 0.0609. The van der Waals surface area contributed by atoms with Crippen molar-refractivity contribution in [3.8, 4) is 0 Å². The lowest BCUT2D eigenvalue weighted by Crippen LogP contribution is -2.45. The van der Waals surface area contributed by atoms with Crippen LogP contribution in [-0.2, 0) is 17.9 Å². The number of piperazine rings is 1. The van der Waals surface area contributed by atoms with Crippen molar-refractivity contribution < 1.29 is 18.0 Å². The summed E-state index contributed by atoms with van der Waals surface area (Å²) in [5, 5.41) is 12.8. The van der Waals surface area contributed by atoms with Gasteiger partial charge in [0.1, 0.15) is 6.54 Å². The van der Waals surface area contributed by atoms with Crippen molar-refractivity contribution in [1.29, 1.82) is 0 Å². The monoisotopic (exact) mass is 491 g/mol. The first-order valence-electron chi connectivity index (χ1n) is 10.7. The molecule has 0 atom stereocenters. The van der Waals surface area contributed by atoms with E-state index in [9.17, 15) is 18.0 Å². The van der Waals surface area contributed by atoms with E-state index in [1.807, 2.05) is 30.3 Å². The predicted molar refractivity (Wildman–Crippen MR) is 124 cm³/mol. The van der Waals surface area contributed by atoms with Gasteiger partial charge in [0.2, 0.25) is 11.1 Å². The summed E-state index contributed by atoms with van der Waals surface area (Å²) in [6, 6.07) is 18.0. The lowest BCUT2D eigenvalue weighted by molar-refractivity contribution is -0.144. The summed E-state index contributed by atoms with van der Waals surface area (Å²) >= 11 is 0.850. The zero-order valence-corrected chi connectivity index (χ0v) is 19.1. The number of carbonyl (C=O) groups is 1. The van der Waals surface area contributed by atoms with Crippen molar-refractivity contribution in [3.05, 3.63) is 60.2 Å². The van der Waals surface area contributed by atoms with Gasteiger partial charge in [0.05, 0.1) is 5.75 Å². The first kappa shape index (κ1) is 24.0. The number of rotatable bonds is 8. The minimum Gasteiger partial charge on any atom is -0.369 e. The molecule has 1 aliphatic heterocycles. The number of tetrazole rings is 1. The molecule has 0 spiro atoms. The number of benzene rings is 2. The highest BCUT2D eigenvalue weighted by atomic mass is 32.2. The number of alkyl halides is 3. The Labute approximate surface area is 199 Å². The second-order valence-electron chi connectivity index (χ2n) is 7.87. The average Bonchev–Trinajstić information content (AvgIpc) is 3.25. The number of amides is 1. The Morgan fingerprint density at radius 1 is 1.00 bits per heavy atom. The molecule has 2 heterocycles. The van der Waals surface area contributed by atoms with Gasteiger partial charge in [-0.05, 0) is 40.3 Å². The van der Waals surface area contributed by atoms with Crippen LogP contribution in [0, 0.1) is 0 Å². The van der Waals surface area contributed by atoms with Crippen LogP contribution in [0.3, 0.4) is 0 Å². The lowest BCUT2D eigenvalue weighted by atomic mass is 10.2. The molecule has 0 bridgehead atoms. The molecule has 1 fully saturated rings. The van der Waals surface area contributed by atoms with Crippen LogP contribution in [0.25, 0.3) is 0 Å². The van der Waals surface area contributed by atoms with Crippen LogP contribution in [0.2, 0.25) is 0 Å². The summed E-state index contributed by atoms with van der Waals surface area (Å²) in [6.07, 6.45) is -4.44. The molecule has 1 aromatic heterocycles. The number of nitrogens with one attached hydrogen (secondary N) is 1. The average molecular weight is 492 g/mol. The molecule has 4 rings (SSSR count). The molecule has 0 aliphatic carbocycles. The summed E-state index contributed by atoms with van der Waals surface area (Å²) in [5.74, 6) is -0.461. The number of hydrogen-bond acceptors (Lipinski definition) is 7. The van der Waals surface area contributed by atoms with Crippen molar-refractivity contribution >= 4 is 29.0 Å². The Balaban J connectivity index is 1.23. The highest BCUT2D eigenvalue weighted by Crippen LogP contribution is 2.23. The van der Waals surface area contributed by atoms with Gasteiger partial charge in [-0.15, -0.1) is 5.10 Å². The Kier molecular flexibility index (Phi) is 7.68. The Morgan fingerprint density at radius 3 is 2.38 bits per heavy atom. The first-order valence-corrected chi connectivity index (χ1v) is 11.7. The summed E-state index contributed by atoms with van der Waals surface area (Å²) in [5.41, 5.74) is 3.01. The summed E-state index contributed by atoms with van der Waals surface area (Å²) in [7, 11) is 0. The molecule has 1 aliphatic rings. The van der Waals surface area contributed by atoms with E-state index in [4.69, 9.17) is 0 Å². The third-order valence-corrected chi connectivity index (χ3v) is 6.26. The molecule has 12 heteroatoms. The second kappa shape index (κ2) is 10.9. The molecule has 2 aromatic carbocycles. The maximum Gasteiger partial charge on any atom is 0.408 e. The lowest BCUT2D eigenvalue weighted by Gasteiger charge is -2.36. The van der Waals surface area contributed by atoms with E-state index < -0.39 is 12.7 Å². The van der Waals surface area contributed by atoms with Gasteiger partial charge in [-0.3, -0.25) is 9.69 Å². The molecule has 0 radical (unpaired) electrons. The molecule has 1 saturated heterocycles. The molecule has 180 valence electrons. The number of hydrogen-bond donors (Lipinski definition) is 1. The minimum atomic E-state index is -4.44. The molecule has 3 aromatic rings. The van der Waals surface area contributed by atoms with Gasteiger partial charge in [0.15, 0.2) is 0 Å². The molecular weight excluding hydrogens is 467 g/mol. The van der Waals surface area contributed by atoms with Crippen LogP contribution < -0.4 is 10.2 Å². The fourth-order valence-electron chi connectivity index (χ4n) is 3.66. The van der Waals surface area contributed by atoms with Crippen LogP contribution in [0.15, 0.2) is 59.8 Å². The fourth-order valence-corrected chi connectivity index (χ4v) is 4.33. The number of nitrogens with zero attached hydrogens (tertiary/aromatic N) is 6. The zero-order chi connectivity index (χ0) is 24.0. The van der Waals surface area contributed by atoms with Gasteiger partial charge in [-0.1, -0.05) is 42.1 Å². The van der Waals surface area contributed by atoms with Crippen molar-refractivity contribution in [2.45, 2.75) is 24.4 Å². The second-order valence-corrected chi connectivity index (χ2v) is 8.81. The number of anilines is 2. The SMILES string of the molecule is O=C(CSc1nnnn1CC(F)(F)F)Nc1ccc(N2CCN(Cc3ccccc3)CC2)cc1. The summed E-state index contributed by atoms with van der Waals surface area (Å²) < 4.78 is 38.3. The van der Waals surface area contributed by atoms with Gasteiger partial charge in [-0.2, -0.15) is 13.2 Å². The maximum atomic E-state index is 12.5. The van der Waals surface area contributed by atoms with Gasteiger partial charge in [-0.25, -0.2) is 4.68 Å². The van der Waals surface area contributed by atoms with Gasteiger partial charge < -0.3 is 10.2 Å². The van der Waals surface area contributed by atoms with Crippen LogP contribution in [0.4, 0.5) is 24.5 Å². The number of aromatic nitrogens is 4. The van der Waals surface area contributed by atoms with Crippen molar-refractivity contribution in [3.63, 3.8) is 0 Å². The summed E-state index contributed by atoms with van der Waals surface area (Å²) in [4.78, 5) is 17.0. The predicted octanol–water partition coefficient (Wildman–Crippen LogP) is 3.29. The normalized spacial score (nSPS) is 14.9. The molecule has 0 saturated carbocycles. The topological polar surface area (TPSA) is 79.2 Å². The fraction of sp³-hybridized carbons (Fsp3) is 0.364. The van der Waals surface area contributed by atoms with E-state index in [1.54, 1.807) is 0 Å². The molecular formula is C22H24F3N7OS. The standard InChI is InChI=1S/C22H24F3N7OS/c23-22(24,25)16-32-21(27-28-29-32)34-15-20(33)26-18-6-8-19(9-7-18)31-12-10-30(11-13-31)14-17-4-2-1-3-5-17/h1-9H,10-16H2,(H,26,33). The third kappa shape index (κ3) is 6.94. The smallest absolute Gasteiger partial charge is 0.369 e. The van der Waals surface area contributed by atoms with Crippen LogP contribution in [0.1, 0.15) is 5.56 Å². The molecule has 1 N–H and O–H groups in total. The Morgan fingerprint density at radius 2 is 1.71 bits per heavy atom.